The van der Waals surface area contributed by atoms with Gasteiger partial charge in [-0.15, -0.1) is 0 Å². The fourth-order valence-corrected chi connectivity index (χ4v) is 7.53. The molecule has 2 aromatic carbocycles. The maximum Gasteiger partial charge on any atom is 0.261 e. The Morgan fingerprint density at radius 3 is 1.68 bits per heavy atom. The lowest BCUT2D eigenvalue weighted by Crippen LogP contribution is -2.66. The van der Waals surface area contributed by atoms with Crippen molar-refractivity contribution in [2.45, 2.75) is 32.7 Å². The topological polar surface area (TPSA) is 9.23 Å². The molecule has 22 heavy (non-hydrogen) atoms. The quantitative estimate of drug-likeness (QED) is 0.596. The molecule has 0 saturated carbocycles. The number of hydrogen-bond acceptors (Lipinski definition) is 1. The molecule has 0 aromatic heterocycles. The summed E-state index contributed by atoms with van der Waals surface area (Å²) in [5.41, 5.74) is 0. The number of allylic oxidation sites excluding steroid dienone is 1. The van der Waals surface area contributed by atoms with Gasteiger partial charge in [-0.3, -0.25) is 0 Å². The molecular weight excluding hydrogens is 284 g/mol. The van der Waals surface area contributed by atoms with Crippen LogP contribution in [0.4, 0.5) is 0 Å². The average Bonchev–Trinajstić information content (AvgIpc) is 2.52. The number of benzene rings is 2. The van der Waals surface area contributed by atoms with Gasteiger partial charge in [-0.25, -0.2) is 0 Å². The number of rotatable bonds is 5. The van der Waals surface area contributed by atoms with Gasteiger partial charge in [0.05, 0.1) is 6.61 Å². The Labute approximate surface area is 135 Å². The van der Waals surface area contributed by atoms with Crippen LogP contribution in [-0.2, 0) is 4.43 Å². The standard InChI is InChI=1S/C20H26OSi/c1-5-6-17-21-22(20(2,3)4,18-13-9-7-10-14-18)19-15-11-8-12-16-19/h5-16H,17H2,1-4H3/b6-5-. The van der Waals surface area contributed by atoms with Crippen molar-refractivity contribution in [3.05, 3.63) is 72.8 Å². The lowest BCUT2D eigenvalue weighted by Gasteiger charge is -2.42. The van der Waals surface area contributed by atoms with E-state index >= 15 is 0 Å². The second-order valence-electron chi connectivity index (χ2n) is 6.54. The van der Waals surface area contributed by atoms with E-state index in [1.165, 1.54) is 10.4 Å². The number of hydrogen-bond donors (Lipinski definition) is 0. The molecule has 2 heteroatoms. The normalized spacial score (nSPS) is 12.7. The Kier molecular flexibility index (Phi) is 5.38. The average molecular weight is 311 g/mol. The van der Waals surface area contributed by atoms with Crippen LogP contribution < -0.4 is 10.4 Å². The summed E-state index contributed by atoms with van der Waals surface area (Å²) in [6.45, 7) is 9.59. The van der Waals surface area contributed by atoms with Crippen molar-refractivity contribution >= 4 is 18.7 Å². The maximum absolute atomic E-state index is 6.66. The van der Waals surface area contributed by atoms with Crippen molar-refractivity contribution in [3.8, 4) is 0 Å². The Balaban J connectivity index is 2.64. The van der Waals surface area contributed by atoms with E-state index in [0.29, 0.717) is 6.61 Å². The zero-order valence-corrected chi connectivity index (χ0v) is 15.0. The third-order valence-electron chi connectivity index (χ3n) is 4.05. The molecule has 0 aliphatic rings. The van der Waals surface area contributed by atoms with Gasteiger partial charge in [-0.2, -0.15) is 0 Å². The van der Waals surface area contributed by atoms with Crippen LogP contribution >= 0.6 is 0 Å². The van der Waals surface area contributed by atoms with Gasteiger partial charge < -0.3 is 4.43 Å². The molecule has 0 unspecified atom stereocenters. The zero-order chi connectivity index (χ0) is 16.1. The Morgan fingerprint density at radius 2 is 1.32 bits per heavy atom. The highest BCUT2D eigenvalue weighted by molar-refractivity contribution is 6.99. The van der Waals surface area contributed by atoms with Gasteiger partial charge in [0, 0.05) is 0 Å². The molecule has 116 valence electrons. The summed E-state index contributed by atoms with van der Waals surface area (Å²) >= 11 is 0. The molecule has 0 atom stereocenters. The van der Waals surface area contributed by atoms with Crippen molar-refractivity contribution < 1.29 is 4.43 Å². The van der Waals surface area contributed by atoms with Gasteiger partial charge in [0.2, 0.25) is 0 Å². The van der Waals surface area contributed by atoms with Crippen LogP contribution in [0.1, 0.15) is 27.7 Å². The second kappa shape index (κ2) is 7.08. The highest BCUT2D eigenvalue weighted by Gasteiger charge is 2.49. The maximum atomic E-state index is 6.66. The summed E-state index contributed by atoms with van der Waals surface area (Å²) in [6.07, 6.45) is 4.15. The molecule has 0 N–H and O–H groups in total. The molecule has 0 radical (unpaired) electrons. The molecule has 2 rings (SSSR count). The van der Waals surface area contributed by atoms with Gasteiger partial charge in [-0.05, 0) is 22.3 Å². The zero-order valence-electron chi connectivity index (χ0n) is 14.0. The van der Waals surface area contributed by atoms with Crippen molar-refractivity contribution in [1.29, 1.82) is 0 Å². The molecule has 0 fully saturated rings. The van der Waals surface area contributed by atoms with E-state index in [1.54, 1.807) is 0 Å². The summed E-state index contributed by atoms with van der Waals surface area (Å²) < 4.78 is 6.66. The summed E-state index contributed by atoms with van der Waals surface area (Å²) in [5.74, 6) is 0. The molecule has 1 nitrogen and oxygen atoms in total. The lowest BCUT2D eigenvalue weighted by atomic mass is 10.2. The molecular formula is C20H26OSi. The highest BCUT2D eigenvalue weighted by Crippen LogP contribution is 2.36. The van der Waals surface area contributed by atoms with Gasteiger partial charge >= 0.3 is 0 Å². The summed E-state index contributed by atoms with van der Waals surface area (Å²) in [6, 6.07) is 21.5. The first-order valence-corrected chi connectivity index (χ1v) is 9.79. The SMILES string of the molecule is C/C=C\CO[Si](c1ccccc1)(c1ccccc1)C(C)(C)C. The van der Waals surface area contributed by atoms with E-state index in [2.05, 4.69) is 93.6 Å². The van der Waals surface area contributed by atoms with Crippen LogP contribution in [-0.4, -0.2) is 14.9 Å². The van der Waals surface area contributed by atoms with Crippen LogP contribution in [0.3, 0.4) is 0 Å². The van der Waals surface area contributed by atoms with Crippen LogP contribution in [0.15, 0.2) is 72.8 Å². The van der Waals surface area contributed by atoms with E-state index in [9.17, 15) is 0 Å². The molecule has 0 bridgehead atoms. The van der Waals surface area contributed by atoms with Gasteiger partial charge in [0.25, 0.3) is 8.32 Å². The van der Waals surface area contributed by atoms with E-state index in [0.717, 1.165) is 0 Å². The fourth-order valence-electron chi connectivity index (χ4n) is 3.03. The molecule has 2 aromatic rings. The van der Waals surface area contributed by atoms with Crippen molar-refractivity contribution in [2.24, 2.45) is 0 Å². The molecule has 0 saturated heterocycles. The van der Waals surface area contributed by atoms with Gasteiger partial charge in [0.1, 0.15) is 0 Å². The van der Waals surface area contributed by atoms with Crippen LogP contribution in [0.2, 0.25) is 5.04 Å². The largest absolute Gasteiger partial charge is 0.404 e. The fraction of sp³-hybridized carbons (Fsp3) is 0.300. The van der Waals surface area contributed by atoms with Gasteiger partial charge in [0.15, 0.2) is 0 Å². The Bertz CT molecular complexity index is 557. The smallest absolute Gasteiger partial charge is 0.261 e. The van der Waals surface area contributed by atoms with Crippen LogP contribution in [0.25, 0.3) is 0 Å². The molecule has 0 aliphatic heterocycles. The molecule has 0 aliphatic carbocycles. The van der Waals surface area contributed by atoms with Gasteiger partial charge in [-0.1, -0.05) is 93.6 Å². The minimum absolute atomic E-state index is 0.0529. The van der Waals surface area contributed by atoms with Crippen molar-refractivity contribution in [2.75, 3.05) is 6.61 Å². The first kappa shape index (κ1) is 16.7. The Hall–Kier alpha value is -1.64. The van der Waals surface area contributed by atoms with E-state index < -0.39 is 8.32 Å². The predicted octanol–water partition coefficient (Wildman–Crippen LogP) is 4.14. The predicted molar refractivity (Wildman–Crippen MR) is 98.4 cm³/mol. The third-order valence-corrected chi connectivity index (χ3v) is 9.05. The second-order valence-corrected chi connectivity index (χ2v) is 10.8. The monoisotopic (exact) mass is 310 g/mol. The van der Waals surface area contributed by atoms with Crippen molar-refractivity contribution in [3.63, 3.8) is 0 Å². The molecule has 0 amide bonds. The summed E-state index contributed by atoms with van der Waals surface area (Å²) in [5, 5.41) is 2.72. The highest BCUT2D eigenvalue weighted by atomic mass is 28.4. The first-order chi connectivity index (χ1) is 10.5. The molecule has 0 heterocycles. The van der Waals surface area contributed by atoms with E-state index in [4.69, 9.17) is 4.43 Å². The summed E-state index contributed by atoms with van der Waals surface area (Å²) in [4.78, 5) is 0. The van der Waals surface area contributed by atoms with E-state index in [1.807, 2.05) is 6.92 Å². The Morgan fingerprint density at radius 1 is 0.864 bits per heavy atom. The minimum Gasteiger partial charge on any atom is -0.404 e. The van der Waals surface area contributed by atoms with E-state index in [-0.39, 0.29) is 5.04 Å². The van der Waals surface area contributed by atoms with Crippen LogP contribution in [0.5, 0.6) is 0 Å². The first-order valence-electron chi connectivity index (χ1n) is 7.88. The lowest BCUT2D eigenvalue weighted by molar-refractivity contribution is 0.339. The third kappa shape index (κ3) is 3.23. The van der Waals surface area contributed by atoms with Crippen molar-refractivity contribution in [1.82, 2.24) is 0 Å². The molecule has 0 spiro atoms. The van der Waals surface area contributed by atoms with Crippen LogP contribution in [0, 0.1) is 0 Å². The minimum atomic E-state index is -2.34. The summed E-state index contributed by atoms with van der Waals surface area (Å²) in [7, 11) is -2.34.